The van der Waals surface area contributed by atoms with Gasteiger partial charge in [-0.05, 0) is 12.1 Å². The van der Waals surface area contributed by atoms with Gasteiger partial charge >= 0.3 is 12.1 Å². The topological polar surface area (TPSA) is 85.8 Å². The molecule has 1 aromatic heterocycles. The normalized spacial score (nSPS) is 14.0. The number of cyclic esters (lactones) is 1. The number of pyridine rings is 1. The molecule has 3 rings (SSSR count). The predicted octanol–water partition coefficient (Wildman–Crippen LogP) is 1.37. The summed E-state index contributed by atoms with van der Waals surface area (Å²) in [5.41, 5.74) is 0.776. The first-order valence-electron chi connectivity index (χ1n) is 6.65. The number of aromatic nitrogens is 1. The van der Waals surface area contributed by atoms with Crippen LogP contribution in [0.1, 0.15) is 10.4 Å². The summed E-state index contributed by atoms with van der Waals surface area (Å²) in [5, 5.41) is 0.798. The van der Waals surface area contributed by atoms with Gasteiger partial charge in [0, 0.05) is 11.6 Å². The zero-order valence-electron chi connectivity index (χ0n) is 11.5. The van der Waals surface area contributed by atoms with Crippen LogP contribution >= 0.6 is 0 Å². The maximum Gasteiger partial charge on any atom is 0.416 e. The van der Waals surface area contributed by atoms with Gasteiger partial charge in [0.05, 0.1) is 17.6 Å². The zero-order chi connectivity index (χ0) is 15.5. The minimum atomic E-state index is -0.715. The van der Waals surface area contributed by atoms with E-state index >= 15 is 0 Å². The molecule has 0 unspecified atom stereocenters. The van der Waals surface area contributed by atoms with E-state index in [1.165, 1.54) is 0 Å². The molecule has 22 heavy (non-hydrogen) atoms. The fourth-order valence-corrected chi connectivity index (χ4v) is 2.17. The van der Waals surface area contributed by atoms with Crippen molar-refractivity contribution in [3.63, 3.8) is 0 Å². The Labute approximate surface area is 125 Å². The molecule has 7 heteroatoms. The van der Waals surface area contributed by atoms with Crippen LogP contribution in [0.4, 0.5) is 4.79 Å². The molecule has 1 aliphatic rings. The molecule has 1 aliphatic heterocycles. The fourth-order valence-electron chi connectivity index (χ4n) is 2.17. The summed E-state index contributed by atoms with van der Waals surface area (Å²) in [4.78, 5) is 40.2. The molecule has 0 N–H and O–H groups in total. The van der Waals surface area contributed by atoms with Gasteiger partial charge in [0.15, 0.2) is 6.61 Å². The molecule has 0 bridgehead atoms. The third kappa shape index (κ3) is 2.60. The number of hydrogen-bond acceptors (Lipinski definition) is 6. The number of rotatable bonds is 3. The molecule has 0 aliphatic carbocycles. The largest absolute Gasteiger partial charge is 0.452 e. The van der Waals surface area contributed by atoms with E-state index in [0.29, 0.717) is 5.52 Å². The molecule has 2 amide bonds. The number of esters is 1. The van der Waals surface area contributed by atoms with E-state index in [0.717, 1.165) is 10.3 Å². The number of benzene rings is 1. The smallest absolute Gasteiger partial charge is 0.416 e. The van der Waals surface area contributed by atoms with Crippen molar-refractivity contribution in [1.82, 2.24) is 9.88 Å². The van der Waals surface area contributed by atoms with Crippen LogP contribution in [0.15, 0.2) is 36.5 Å². The van der Waals surface area contributed by atoms with Gasteiger partial charge < -0.3 is 9.47 Å². The van der Waals surface area contributed by atoms with Gasteiger partial charge in [0.1, 0.15) is 6.61 Å². The minimum absolute atomic E-state index is 0.158. The quantitative estimate of drug-likeness (QED) is 0.796. The second-order valence-electron chi connectivity index (χ2n) is 4.62. The third-order valence-corrected chi connectivity index (χ3v) is 3.24. The van der Waals surface area contributed by atoms with Crippen LogP contribution in [0.2, 0.25) is 0 Å². The first-order valence-corrected chi connectivity index (χ1v) is 6.65. The molecule has 112 valence electrons. The molecule has 1 aromatic carbocycles. The highest BCUT2D eigenvalue weighted by molar-refractivity contribution is 6.03. The summed E-state index contributed by atoms with van der Waals surface area (Å²) >= 11 is 0. The minimum Gasteiger partial charge on any atom is -0.452 e. The summed E-state index contributed by atoms with van der Waals surface area (Å²) in [5.74, 6) is -1.27. The van der Waals surface area contributed by atoms with Gasteiger partial charge in [-0.25, -0.2) is 14.5 Å². The number of ether oxygens (including phenoxy) is 2. The molecule has 7 nitrogen and oxygen atoms in total. The Kier molecular flexibility index (Phi) is 3.69. The van der Waals surface area contributed by atoms with Crippen LogP contribution < -0.4 is 0 Å². The Balaban J connectivity index is 1.71. The lowest BCUT2D eigenvalue weighted by Crippen LogP contribution is -2.35. The SMILES string of the molecule is O=C(OCC(=O)N1CCOC1=O)c1cccc2cccnc12. The average Bonchev–Trinajstić information content (AvgIpc) is 2.98. The highest BCUT2D eigenvalue weighted by atomic mass is 16.6. The molecule has 1 fully saturated rings. The molecule has 2 heterocycles. The summed E-state index contributed by atoms with van der Waals surface area (Å²) in [6.07, 6.45) is 0.859. The summed E-state index contributed by atoms with van der Waals surface area (Å²) in [6, 6.07) is 8.70. The molecule has 0 saturated carbocycles. The van der Waals surface area contributed by atoms with Gasteiger partial charge in [0.2, 0.25) is 0 Å². The Morgan fingerprint density at radius 1 is 1.27 bits per heavy atom. The second kappa shape index (κ2) is 5.80. The van der Waals surface area contributed by atoms with Crippen molar-refractivity contribution in [2.75, 3.05) is 19.8 Å². The van der Waals surface area contributed by atoms with E-state index in [9.17, 15) is 14.4 Å². The number of amides is 2. The standard InChI is InChI=1S/C15H12N2O5/c18-12(17-7-8-21-15(17)20)9-22-14(19)11-5-1-3-10-4-2-6-16-13(10)11/h1-6H,7-9H2. The molecular weight excluding hydrogens is 288 g/mol. The number of carbonyl (C=O) groups excluding carboxylic acids is 3. The Bertz CT molecular complexity index is 753. The Morgan fingerprint density at radius 2 is 2.09 bits per heavy atom. The monoisotopic (exact) mass is 300 g/mol. The van der Waals surface area contributed by atoms with Crippen molar-refractivity contribution >= 4 is 28.9 Å². The van der Waals surface area contributed by atoms with Crippen molar-refractivity contribution in [2.45, 2.75) is 0 Å². The van der Waals surface area contributed by atoms with Crippen molar-refractivity contribution in [1.29, 1.82) is 0 Å². The average molecular weight is 300 g/mol. The maximum atomic E-state index is 12.1. The van der Waals surface area contributed by atoms with Gasteiger partial charge in [-0.1, -0.05) is 18.2 Å². The van der Waals surface area contributed by atoms with Crippen LogP contribution in [0.25, 0.3) is 10.9 Å². The summed E-state index contributed by atoms with van der Waals surface area (Å²) < 4.78 is 9.63. The van der Waals surface area contributed by atoms with E-state index in [1.807, 2.05) is 12.1 Å². The number of nitrogens with zero attached hydrogens (tertiary/aromatic N) is 2. The van der Waals surface area contributed by atoms with E-state index in [2.05, 4.69) is 9.72 Å². The first-order chi connectivity index (χ1) is 10.7. The molecule has 0 atom stereocenters. The van der Waals surface area contributed by atoms with Gasteiger partial charge in [-0.3, -0.25) is 9.78 Å². The van der Waals surface area contributed by atoms with Gasteiger partial charge in [-0.15, -0.1) is 0 Å². The first kappa shape index (κ1) is 14.0. The van der Waals surface area contributed by atoms with Crippen LogP contribution in [-0.2, 0) is 14.3 Å². The van der Waals surface area contributed by atoms with E-state index in [-0.39, 0.29) is 18.7 Å². The van der Waals surface area contributed by atoms with Crippen molar-refractivity contribution in [3.8, 4) is 0 Å². The summed E-state index contributed by atoms with van der Waals surface area (Å²) in [7, 11) is 0. The Hall–Kier alpha value is -2.96. The van der Waals surface area contributed by atoms with Crippen LogP contribution in [0.5, 0.6) is 0 Å². The van der Waals surface area contributed by atoms with Gasteiger partial charge in [-0.2, -0.15) is 0 Å². The van der Waals surface area contributed by atoms with Gasteiger partial charge in [0.25, 0.3) is 5.91 Å². The van der Waals surface area contributed by atoms with Crippen LogP contribution in [-0.4, -0.2) is 47.6 Å². The highest BCUT2D eigenvalue weighted by Crippen LogP contribution is 2.16. The number of imide groups is 1. The number of para-hydroxylation sites is 1. The van der Waals surface area contributed by atoms with E-state index in [4.69, 9.17) is 4.74 Å². The number of hydrogen-bond donors (Lipinski definition) is 0. The van der Waals surface area contributed by atoms with E-state index in [1.54, 1.807) is 24.4 Å². The summed E-state index contributed by atoms with van der Waals surface area (Å²) in [6.45, 7) is -0.187. The van der Waals surface area contributed by atoms with Crippen molar-refractivity contribution in [2.24, 2.45) is 0 Å². The highest BCUT2D eigenvalue weighted by Gasteiger charge is 2.29. The zero-order valence-corrected chi connectivity index (χ0v) is 11.5. The van der Waals surface area contributed by atoms with Crippen LogP contribution in [0.3, 0.4) is 0 Å². The maximum absolute atomic E-state index is 12.1. The molecule has 1 saturated heterocycles. The molecule has 2 aromatic rings. The number of carbonyl (C=O) groups is 3. The predicted molar refractivity (Wildman–Crippen MR) is 75.1 cm³/mol. The van der Waals surface area contributed by atoms with E-state index < -0.39 is 24.6 Å². The van der Waals surface area contributed by atoms with Crippen LogP contribution in [0, 0.1) is 0 Å². The third-order valence-electron chi connectivity index (χ3n) is 3.24. The molecule has 0 spiro atoms. The Morgan fingerprint density at radius 3 is 2.86 bits per heavy atom. The second-order valence-corrected chi connectivity index (χ2v) is 4.62. The number of fused-ring (bicyclic) bond motifs is 1. The lowest BCUT2D eigenvalue weighted by molar-refractivity contribution is -0.131. The fraction of sp³-hybridized carbons (Fsp3) is 0.200. The lowest BCUT2D eigenvalue weighted by atomic mass is 10.1. The van der Waals surface area contributed by atoms with Crippen molar-refractivity contribution < 1.29 is 23.9 Å². The van der Waals surface area contributed by atoms with Crippen molar-refractivity contribution in [3.05, 3.63) is 42.1 Å². The molecular formula is C15H12N2O5. The molecule has 0 radical (unpaired) electrons. The lowest BCUT2D eigenvalue weighted by Gasteiger charge is -2.11.